The van der Waals surface area contributed by atoms with Crippen LogP contribution in [0.5, 0.6) is 11.5 Å². The van der Waals surface area contributed by atoms with E-state index in [4.69, 9.17) is 9.47 Å². The number of hydrogen-bond acceptors (Lipinski definition) is 5. The summed E-state index contributed by atoms with van der Waals surface area (Å²) in [6.45, 7) is 1.38. The quantitative estimate of drug-likeness (QED) is 0.514. The van der Waals surface area contributed by atoms with Crippen LogP contribution in [-0.4, -0.2) is 35.1 Å². The van der Waals surface area contributed by atoms with Crippen molar-refractivity contribution in [3.05, 3.63) is 83.7 Å². The Hall–Kier alpha value is -3.59. The molecule has 3 rings (SSSR count). The fourth-order valence-electron chi connectivity index (χ4n) is 3.26. The van der Waals surface area contributed by atoms with E-state index < -0.39 is 28.3 Å². The lowest BCUT2D eigenvalue weighted by Crippen LogP contribution is -2.40. The van der Waals surface area contributed by atoms with Crippen LogP contribution in [0.4, 0.5) is 10.1 Å². The number of sulfonamides is 1. The van der Waals surface area contributed by atoms with E-state index in [9.17, 15) is 17.6 Å². The summed E-state index contributed by atoms with van der Waals surface area (Å²) in [5, 5.41) is 2.72. The third-order valence-corrected chi connectivity index (χ3v) is 6.75. The van der Waals surface area contributed by atoms with Crippen LogP contribution < -0.4 is 19.1 Å². The number of nitrogens with one attached hydrogen (secondary N) is 1. The molecule has 0 saturated carbocycles. The van der Waals surface area contributed by atoms with Gasteiger partial charge in [-0.3, -0.25) is 9.10 Å². The van der Waals surface area contributed by atoms with Gasteiger partial charge in [0.15, 0.2) is 0 Å². The zero-order valence-electron chi connectivity index (χ0n) is 18.5. The number of halogens is 1. The summed E-state index contributed by atoms with van der Waals surface area (Å²) in [6.07, 6.45) is 0. The third-order valence-electron chi connectivity index (χ3n) is 4.96. The Bertz CT molecular complexity index is 1230. The van der Waals surface area contributed by atoms with Crippen LogP contribution in [0.25, 0.3) is 0 Å². The molecule has 3 aromatic carbocycles. The van der Waals surface area contributed by atoms with Gasteiger partial charge in [0.1, 0.15) is 28.8 Å². The van der Waals surface area contributed by atoms with Gasteiger partial charge in [0.05, 0.1) is 19.9 Å². The van der Waals surface area contributed by atoms with Crippen molar-refractivity contribution in [2.75, 3.05) is 25.1 Å². The van der Waals surface area contributed by atoms with Gasteiger partial charge in [-0.05, 0) is 55.0 Å². The van der Waals surface area contributed by atoms with Gasteiger partial charge in [0.2, 0.25) is 5.91 Å². The van der Waals surface area contributed by atoms with Crippen LogP contribution in [0.3, 0.4) is 0 Å². The summed E-state index contributed by atoms with van der Waals surface area (Å²) in [5.74, 6) is -0.322. The fourth-order valence-corrected chi connectivity index (χ4v) is 4.92. The summed E-state index contributed by atoms with van der Waals surface area (Å²) in [5.41, 5.74) is 1.59. The number of carbonyl (C=O) groups excluding carboxylic acids is 1. The largest absolute Gasteiger partial charge is 0.496 e. The molecule has 1 amide bonds. The topological polar surface area (TPSA) is 84.9 Å². The number of amides is 1. The number of hydrogen-bond donors (Lipinski definition) is 1. The van der Waals surface area contributed by atoms with Crippen LogP contribution in [0.1, 0.15) is 11.1 Å². The smallest absolute Gasteiger partial charge is 0.268 e. The molecule has 0 spiro atoms. The highest BCUT2D eigenvalue weighted by atomic mass is 32.2. The van der Waals surface area contributed by atoms with Crippen molar-refractivity contribution in [1.82, 2.24) is 5.32 Å². The number of ether oxygens (including phenoxy) is 2. The Morgan fingerprint density at radius 2 is 1.64 bits per heavy atom. The van der Waals surface area contributed by atoms with Gasteiger partial charge in [0, 0.05) is 12.1 Å². The van der Waals surface area contributed by atoms with Crippen molar-refractivity contribution >= 4 is 21.6 Å². The summed E-state index contributed by atoms with van der Waals surface area (Å²) < 4.78 is 52.2. The number of aryl methyl sites for hydroxylation is 1. The maximum Gasteiger partial charge on any atom is 0.268 e. The molecular formula is C24H25FN2O5S. The molecular weight excluding hydrogens is 447 g/mol. The van der Waals surface area contributed by atoms with Gasteiger partial charge in [-0.2, -0.15) is 0 Å². The van der Waals surface area contributed by atoms with E-state index >= 15 is 0 Å². The Labute approximate surface area is 192 Å². The lowest BCUT2D eigenvalue weighted by atomic mass is 10.2. The van der Waals surface area contributed by atoms with Crippen LogP contribution in [-0.2, 0) is 21.4 Å². The number of methoxy groups -OCH3 is 2. The Morgan fingerprint density at radius 1 is 0.970 bits per heavy atom. The van der Waals surface area contributed by atoms with Crippen molar-refractivity contribution in [3.63, 3.8) is 0 Å². The summed E-state index contributed by atoms with van der Waals surface area (Å²) in [7, 11) is -1.33. The third kappa shape index (κ3) is 5.61. The van der Waals surface area contributed by atoms with Gasteiger partial charge in [-0.1, -0.05) is 24.3 Å². The molecule has 0 aromatic heterocycles. The first-order valence-corrected chi connectivity index (χ1v) is 11.5. The van der Waals surface area contributed by atoms with E-state index in [1.54, 1.807) is 31.2 Å². The number of benzene rings is 3. The highest BCUT2D eigenvalue weighted by Gasteiger charge is 2.30. The van der Waals surface area contributed by atoms with Crippen LogP contribution >= 0.6 is 0 Å². The molecule has 0 bridgehead atoms. The second kappa shape index (κ2) is 10.4. The van der Waals surface area contributed by atoms with Gasteiger partial charge in [0.25, 0.3) is 10.0 Å². The molecule has 0 saturated heterocycles. The summed E-state index contributed by atoms with van der Waals surface area (Å²) in [6, 6.07) is 16.8. The summed E-state index contributed by atoms with van der Waals surface area (Å²) in [4.78, 5) is 12.7. The molecule has 9 heteroatoms. The van der Waals surface area contributed by atoms with Crippen molar-refractivity contribution in [1.29, 1.82) is 0 Å². The minimum absolute atomic E-state index is 0.0909. The molecule has 3 aromatic rings. The Morgan fingerprint density at radius 3 is 2.30 bits per heavy atom. The fraction of sp³-hybridized carbons (Fsp3) is 0.208. The SMILES string of the molecule is COc1ccccc1CNC(=O)CN(c1ccc(F)cc1)S(=O)(=O)c1cc(C)ccc1OC. The monoisotopic (exact) mass is 472 g/mol. The van der Waals surface area contributed by atoms with E-state index in [2.05, 4.69) is 5.32 Å². The van der Waals surface area contributed by atoms with E-state index in [0.717, 1.165) is 22.0 Å². The second-order valence-corrected chi connectivity index (χ2v) is 9.06. The Kier molecular flexibility index (Phi) is 7.55. The molecule has 33 heavy (non-hydrogen) atoms. The van der Waals surface area contributed by atoms with Crippen molar-refractivity contribution in [3.8, 4) is 11.5 Å². The van der Waals surface area contributed by atoms with E-state index in [1.165, 1.54) is 32.4 Å². The summed E-state index contributed by atoms with van der Waals surface area (Å²) >= 11 is 0. The predicted molar refractivity (Wildman–Crippen MR) is 124 cm³/mol. The molecule has 0 aliphatic carbocycles. The molecule has 0 atom stereocenters. The van der Waals surface area contributed by atoms with Crippen LogP contribution in [0.2, 0.25) is 0 Å². The average Bonchev–Trinajstić information content (AvgIpc) is 2.82. The van der Waals surface area contributed by atoms with Gasteiger partial charge in [-0.15, -0.1) is 0 Å². The average molecular weight is 473 g/mol. The van der Waals surface area contributed by atoms with Crippen molar-refractivity contribution < 1.29 is 27.1 Å². The maximum absolute atomic E-state index is 13.6. The predicted octanol–water partition coefficient (Wildman–Crippen LogP) is 3.66. The van der Waals surface area contributed by atoms with Crippen molar-refractivity contribution in [2.45, 2.75) is 18.4 Å². The minimum Gasteiger partial charge on any atom is -0.496 e. The molecule has 0 heterocycles. The molecule has 0 radical (unpaired) electrons. The Balaban J connectivity index is 1.93. The highest BCUT2D eigenvalue weighted by Crippen LogP contribution is 2.31. The van der Waals surface area contributed by atoms with Gasteiger partial charge in [-0.25, -0.2) is 12.8 Å². The lowest BCUT2D eigenvalue weighted by molar-refractivity contribution is -0.119. The molecule has 0 unspecified atom stereocenters. The highest BCUT2D eigenvalue weighted by molar-refractivity contribution is 7.93. The number of anilines is 1. The molecule has 174 valence electrons. The van der Waals surface area contributed by atoms with Gasteiger partial charge < -0.3 is 14.8 Å². The normalized spacial score (nSPS) is 11.0. The molecule has 0 aliphatic heterocycles. The van der Waals surface area contributed by atoms with E-state index in [0.29, 0.717) is 11.3 Å². The molecule has 0 fully saturated rings. The van der Waals surface area contributed by atoms with E-state index in [-0.39, 0.29) is 22.9 Å². The maximum atomic E-state index is 13.6. The zero-order valence-corrected chi connectivity index (χ0v) is 19.4. The lowest BCUT2D eigenvalue weighted by Gasteiger charge is -2.25. The van der Waals surface area contributed by atoms with Gasteiger partial charge >= 0.3 is 0 Å². The second-order valence-electron chi connectivity index (χ2n) is 7.23. The number of carbonyl (C=O) groups is 1. The number of nitrogens with zero attached hydrogens (tertiary/aromatic N) is 1. The van der Waals surface area contributed by atoms with Crippen LogP contribution in [0, 0.1) is 12.7 Å². The first-order chi connectivity index (χ1) is 15.8. The van der Waals surface area contributed by atoms with Crippen molar-refractivity contribution in [2.24, 2.45) is 0 Å². The number of rotatable bonds is 9. The first kappa shape index (κ1) is 24.1. The molecule has 0 aliphatic rings. The molecule has 1 N–H and O–H groups in total. The standard InChI is InChI=1S/C24H25FN2O5S/c1-17-8-13-22(32-3)23(14-17)33(29,30)27(20-11-9-19(25)10-12-20)16-24(28)26-15-18-6-4-5-7-21(18)31-2/h4-14H,15-16H2,1-3H3,(H,26,28). The zero-order chi connectivity index (χ0) is 24.0. The number of para-hydroxylation sites is 1. The van der Waals surface area contributed by atoms with E-state index in [1.807, 2.05) is 12.1 Å². The van der Waals surface area contributed by atoms with Crippen LogP contribution in [0.15, 0.2) is 71.6 Å². The minimum atomic E-state index is -4.22. The first-order valence-electron chi connectivity index (χ1n) is 10.1. The molecule has 7 nitrogen and oxygen atoms in total.